The molecule has 1 fully saturated rings. The van der Waals surface area contributed by atoms with Crippen molar-refractivity contribution in [1.29, 1.82) is 0 Å². The summed E-state index contributed by atoms with van der Waals surface area (Å²) in [5.74, 6) is -0.236. The van der Waals surface area contributed by atoms with Crippen molar-refractivity contribution in [3.8, 4) is 0 Å². The summed E-state index contributed by atoms with van der Waals surface area (Å²) in [5, 5.41) is 4.00. The number of ether oxygens (including phenoxy) is 1. The number of fused-ring (bicyclic) bond motifs is 1. The van der Waals surface area contributed by atoms with Crippen LogP contribution in [0.4, 0.5) is 19.0 Å². The first-order chi connectivity index (χ1) is 12.1. The van der Waals surface area contributed by atoms with Gasteiger partial charge in [-0.15, -0.1) is 0 Å². The maximum absolute atomic E-state index is 13.2. The Morgan fingerprint density at radius 3 is 2.73 bits per heavy atom. The van der Waals surface area contributed by atoms with Crippen LogP contribution in [0.5, 0.6) is 0 Å². The quantitative estimate of drug-likeness (QED) is 0.772. The number of aromatic nitrogens is 4. The van der Waals surface area contributed by atoms with E-state index in [1.807, 2.05) is 0 Å². The molecule has 3 rings (SSSR count). The van der Waals surface area contributed by atoms with Gasteiger partial charge in [0.25, 0.3) is 5.78 Å². The first kappa shape index (κ1) is 18.4. The van der Waals surface area contributed by atoms with Gasteiger partial charge in [-0.2, -0.15) is 27.8 Å². The highest BCUT2D eigenvalue weighted by molar-refractivity contribution is 5.76. The third-order valence-electron chi connectivity index (χ3n) is 5.00. The number of carbonyl (C=O) groups is 1. The molecule has 10 heteroatoms. The van der Waals surface area contributed by atoms with E-state index in [-0.39, 0.29) is 23.5 Å². The fourth-order valence-corrected chi connectivity index (χ4v) is 3.37. The molecule has 1 unspecified atom stereocenters. The van der Waals surface area contributed by atoms with E-state index >= 15 is 0 Å². The molecule has 0 radical (unpaired) electrons. The van der Waals surface area contributed by atoms with Crippen molar-refractivity contribution < 1.29 is 22.7 Å². The number of rotatable bonds is 3. The van der Waals surface area contributed by atoms with E-state index in [1.165, 1.54) is 18.0 Å². The highest BCUT2D eigenvalue weighted by atomic mass is 19.4. The molecule has 1 aliphatic heterocycles. The number of anilines is 1. The fraction of sp³-hybridized carbons (Fsp3) is 0.625. The maximum Gasteiger partial charge on any atom is 0.433 e. The molecule has 1 saturated heterocycles. The smallest absolute Gasteiger partial charge is 0.433 e. The predicted octanol–water partition coefficient (Wildman–Crippen LogP) is 2.56. The second-order valence-electron chi connectivity index (χ2n) is 6.97. The Kier molecular flexibility index (Phi) is 4.53. The molecule has 2 aromatic heterocycles. The number of esters is 1. The van der Waals surface area contributed by atoms with Gasteiger partial charge in [-0.1, -0.05) is 0 Å². The Morgan fingerprint density at radius 1 is 1.35 bits per heavy atom. The lowest BCUT2D eigenvalue weighted by molar-refractivity contribution is -0.154. The largest absolute Gasteiger partial charge is 0.469 e. The molecule has 26 heavy (non-hydrogen) atoms. The standard InChI is InChI=1S/C16H20F3N5O2/c1-15(2,13(25)26-3)10-5-4-6-23(8-10)12-7-11(16(17,18)19)22-14-20-9-21-24(12)14/h7,9-10H,4-6,8H2,1-3H3. The summed E-state index contributed by atoms with van der Waals surface area (Å²) in [6, 6.07) is 0.981. The molecule has 0 bridgehead atoms. The van der Waals surface area contributed by atoms with Crippen molar-refractivity contribution in [2.24, 2.45) is 11.3 Å². The van der Waals surface area contributed by atoms with E-state index in [0.717, 1.165) is 18.9 Å². The van der Waals surface area contributed by atoms with E-state index in [2.05, 4.69) is 15.1 Å². The van der Waals surface area contributed by atoms with Crippen molar-refractivity contribution in [1.82, 2.24) is 19.6 Å². The van der Waals surface area contributed by atoms with Crippen LogP contribution in [-0.4, -0.2) is 45.8 Å². The second kappa shape index (κ2) is 6.40. The summed E-state index contributed by atoms with van der Waals surface area (Å²) >= 11 is 0. The Labute approximate surface area is 148 Å². The lowest BCUT2D eigenvalue weighted by Gasteiger charge is -2.40. The van der Waals surface area contributed by atoms with Gasteiger partial charge in [0.05, 0.1) is 12.5 Å². The van der Waals surface area contributed by atoms with Crippen molar-refractivity contribution >= 4 is 17.6 Å². The molecule has 0 N–H and O–H groups in total. The van der Waals surface area contributed by atoms with Crippen LogP contribution in [0.1, 0.15) is 32.4 Å². The van der Waals surface area contributed by atoms with Crippen molar-refractivity contribution in [3.63, 3.8) is 0 Å². The average molecular weight is 371 g/mol. The Morgan fingerprint density at radius 2 is 2.08 bits per heavy atom. The Bertz CT molecular complexity index is 818. The minimum Gasteiger partial charge on any atom is -0.469 e. The Balaban J connectivity index is 1.98. The van der Waals surface area contributed by atoms with E-state index < -0.39 is 17.3 Å². The fourth-order valence-electron chi connectivity index (χ4n) is 3.37. The summed E-state index contributed by atoms with van der Waals surface area (Å²) in [7, 11) is 1.34. The van der Waals surface area contributed by atoms with E-state index in [1.54, 1.807) is 18.7 Å². The maximum atomic E-state index is 13.2. The van der Waals surface area contributed by atoms with Crippen molar-refractivity contribution in [3.05, 3.63) is 18.1 Å². The summed E-state index contributed by atoms with van der Waals surface area (Å²) in [4.78, 5) is 21.2. The van der Waals surface area contributed by atoms with E-state index in [4.69, 9.17) is 4.74 Å². The highest BCUT2D eigenvalue weighted by Gasteiger charge is 2.41. The molecular weight excluding hydrogens is 351 g/mol. The van der Waals surface area contributed by atoms with Gasteiger partial charge in [-0.25, -0.2) is 4.98 Å². The molecular formula is C16H20F3N5O2. The Hall–Kier alpha value is -2.39. The van der Waals surface area contributed by atoms with Crippen LogP contribution in [0, 0.1) is 11.3 Å². The normalized spacial score (nSPS) is 19.0. The van der Waals surface area contributed by atoms with Gasteiger partial charge in [0.1, 0.15) is 12.1 Å². The summed E-state index contributed by atoms with van der Waals surface area (Å²) < 4.78 is 45.7. The van der Waals surface area contributed by atoms with Crippen molar-refractivity contribution in [2.45, 2.75) is 32.9 Å². The minimum absolute atomic E-state index is 0.0650. The third-order valence-corrected chi connectivity index (χ3v) is 5.00. The van der Waals surface area contributed by atoms with E-state index in [9.17, 15) is 18.0 Å². The molecule has 142 valence electrons. The third kappa shape index (κ3) is 3.19. The predicted molar refractivity (Wildman–Crippen MR) is 86.5 cm³/mol. The topological polar surface area (TPSA) is 72.6 Å². The summed E-state index contributed by atoms with van der Waals surface area (Å²) in [5.41, 5.74) is -1.75. The second-order valence-corrected chi connectivity index (χ2v) is 6.97. The van der Waals surface area contributed by atoms with Gasteiger partial charge in [0, 0.05) is 19.2 Å². The van der Waals surface area contributed by atoms with Gasteiger partial charge in [-0.3, -0.25) is 4.79 Å². The molecule has 1 atom stereocenters. The van der Waals surface area contributed by atoms with Crippen LogP contribution < -0.4 is 4.90 Å². The van der Waals surface area contributed by atoms with Crippen molar-refractivity contribution in [2.75, 3.05) is 25.1 Å². The molecule has 2 aromatic rings. The number of alkyl halides is 3. The van der Waals surface area contributed by atoms with E-state index in [0.29, 0.717) is 13.1 Å². The summed E-state index contributed by atoms with van der Waals surface area (Å²) in [6.45, 7) is 4.57. The molecule has 0 aliphatic carbocycles. The van der Waals surface area contributed by atoms with Gasteiger partial charge < -0.3 is 9.64 Å². The zero-order valence-corrected chi connectivity index (χ0v) is 14.7. The number of hydrogen-bond acceptors (Lipinski definition) is 6. The van der Waals surface area contributed by atoms with Gasteiger partial charge in [0.2, 0.25) is 0 Å². The number of hydrogen-bond donors (Lipinski definition) is 0. The van der Waals surface area contributed by atoms with Gasteiger partial charge in [0.15, 0.2) is 5.69 Å². The highest BCUT2D eigenvalue weighted by Crippen LogP contribution is 2.37. The van der Waals surface area contributed by atoms with Crippen LogP contribution in [0.25, 0.3) is 5.78 Å². The van der Waals surface area contributed by atoms with Gasteiger partial charge in [-0.05, 0) is 32.6 Å². The molecule has 1 aliphatic rings. The number of carbonyl (C=O) groups excluding carboxylic acids is 1. The molecule has 7 nitrogen and oxygen atoms in total. The van der Waals surface area contributed by atoms with Crippen LogP contribution in [0.2, 0.25) is 0 Å². The lowest BCUT2D eigenvalue weighted by Crippen LogP contribution is -2.45. The van der Waals surface area contributed by atoms with Gasteiger partial charge >= 0.3 is 12.1 Å². The van der Waals surface area contributed by atoms with Crippen LogP contribution in [0.15, 0.2) is 12.4 Å². The average Bonchev–Trinajstić information content (AvgIpc) is 3.08. The SMILES string of the molecule is COC(=O)C(C)(C)C1CCCN(c2cc(C(F)(F)F)nc3ncnn23)C1. The molecule has 0 amide bonds. The summed E-state index contributed by atoms with van der Waals surface area (Å²) in [6.07, 6.45) is -1.88. The lowest BCUT2D eigenvalue weighted by atomic mass is 9.74. The monoisotopic (exact) mass is 371 g/mol. The van der Waals surface area contributed by atoms with Crippen LogP contribution in [-0.2, 0) is 15.7 Å². The number of halogens is 3. The molecule has 0 aromatic carbocycles. The zero-order valence-electron chi connectivity index (χ0n) is 14.7. The molecule has 0 saturated carbocycles. The number of piperidine rings is 1. The first-order valence-electron chi connectivity index (χ1n) is 8.26. The van der Waals surface area contributed by atoms with Crippen LogP contribution >= 0.6 is 0 Å². The number of nitrogens with zero attached hydrogens (tertiary/aromatic N) is 5. The first-order valence-corrected chi connectivity index (χ1v) is 8.26. The number of methoxy groups -OCH3 is 1. The van der Waals surface area contributed by atoms with Crippen LogP contribution in [0.3, 0.4) is 0 Å². The minimum atomic E-state index is -4.58. The molecule has 0 spiro atoms. The zero-order chi connectivity index (χ0) is 19.1. The molecule has 3 heterocycles.